The Morgan fingerprint density at radius 1 is 0.889 bits per heavy atom. The molecule has 1 unspecified atom stereocenters. The summed E-state index contributed by atoms with van der Waals surface area (Å²) in [4.78, 5) is 35.4. The van der Waals surface area contributed by atoms with Gasteiger partial charge in [0.25, 0.3) is 11.8 Å². The molecule has 0 aliphatic carbocycles. The monoisotopic (exact) mass is 494 g/mol. The summed E-state index contributed by atoms with van der Waals surface area (Å²) in [7, 11) is 0. The number of carbonyl (C=O) groups is 2. The predicted molar refractivity (Wildman–Crippen MR) is 135 cm³/mol. The normalized spacial score (nSPS) is 19.3. The summed E-state index contributed by atoms with van der Waals surface area (Å²) in [6, 6.07) is 9.21. The van der Waals surface area contributed by atoms with Gasteiger partial charge in [-0.15, -0.1) is 0 Å². The molecule has 2 amide bonds. The molecule has 1 N–H and O–H groups in total. The van der Waals surface area contributed by atoms with Gasteiger partial charge in [0.1, 0.15) is 11.6 Å². The summed E-state index contributed by atoms with van der Waals surface area (Å²) in [5, 5.41) is 1.03. The van der Waals surface area contributed by atoms with Gasteiger partial charge in [-0.25, -0.2) is 8.78 Å². The first-order chi connectivity index (χ1) is 17.3. The highest BCUT2D eigenvalue weighted by Crippen LogP contribution is 2.33. The Kier molecular flexibility index (Phi) is 6.79. The third kappa shape index (κ3) is 4.87. The number of benzene rings is 2. The van der Waals surface area contributed by atoms with E-state index in [0.29, 0.717) is 24.7 Å². The van der Waals surface area contributed by atoms with Gasteiger partial charge in [-0.1, -0.05) is 6.07 Å². The Morgan fingerprint density at radius 2 is 1.58 bits per heavy atom. The van der Waals surface area contributed by atoms with E-state index in [0.717, 1.165) is 73.7 Å². The van der Waals surface area contributed by atoms with Crippen molar-refractivity contribution in [1.29, 1.82) is 0 Å². The van der Waals surface area contributed by atoms with Gasteiger partial charge in [-0.2, -0.15) is 0 Å². The van der Waals surface area contributed by atoms with Crippen molar-refractivity contribution >= 4 is 22.7 Å². The zero-order valence-electron chi connectivity index (χ0n) is 20.8. The number of hydrogen-bond donors (Lipinski definition) is 1. The number of fused-ring (bicyclic) bond motifs is 1. The summed E-state index contributed by atoms with van der Waals surface area (Å²) in [5.41, 5.74) is 2.69. The highest BCUT2D eigenvalue weighted by atomic mass is 19.1. The number of nitrogens with one attached hydrogen (secondary N) is 1. The van der Waals surface area contributed by atoms with Crippen LogP contribution in [0.5, 0.6) is 0 Å². The minimum absolute atomic E-state index is 0.0319. The number of hydrogen-bond acceptors (Lipinski definition) is 3. The average Bonchev–Trinajstić information content (AvgIpc) is 3.31. The van der Waals surface area contributed by atoms with Crippen molar-refractivity contribution in [2.75, 3.05) is 39.3 Å². The molecule has 2 aromatic carbocycles. The zero-order valence-corrected chi connectivity index (χ0v) is 20.8. The standard InChI is InChI=1S/C28H32F2N4O2/c1-18(2)32-8-10-33(11-9-32)27(35)19-5-6-24-25(16-31-26(24)14-19)20-4-3-7-34(17-20)28(36)21-12-22(29)15-23(30)13-21/h5-6,12-16,18,20,31H,3-4,7-11,17H2,1-2H3. The number of amides is 2. The minimum atomic E-state index is -0.754. The van der Waals surface area contributed by atoms with Gasteiger partial charge < -0.3 is 14.8 Å². The van der Waals surface area contributed by atoms with Crippen molar-refractivity contribution in [1.82, 2.24) is 19.7 Å². The van der Waals surface area contributed by atoms with Crippen LogP contribution >= 0.6 is 0 Å². The first-order valence-electron chi connectivity index (χ1n) is 12.7. The molecule has 0 radical (unpaired) electrons. The SMILES string of the molecule is CC(C)N1CCN(C(=O)c2ccc3c(C4CCCN(C(=O)c5cc(F)cc(F)c5)C4)c[nH]c3c2)CC1. The quantitative estimate of drug-likeness (QED) is 0.575. The van der Waals surface area contributed by atoms with E-state index in [9.17, 15) is 18.4 Å². The maximum atomic E-state index is 13.6. The van der Waals surface area contributed by atoms with Crippen molar-refractivity contribution in [3.8, 4) is 0 Å². The number of nitrogens with zero attached hydrogens (tertiary/aromatic N) is 3. The Morgan fingerprint density at radius 3 is 2.28 bits per heavy atom. The largest absolute Gasteiger partial charge is 0.361 e. The molecule has 8 heteroatoms. The van der Waals surface area contributed by atoms with E-state index in [1.54, 1.807) is 4.90 Å². The molecule has 1 atom stereocenters. The Labute approximate surface area is 209 Å². The number of piperidine rings is 1. The Bertz CT molecular complexity index is 1260. The summed E-state index contributed by atoms with van der Waals surface area (Å²) in [6.45, 7) is 8.62. The molecule has 0 spiro atoms. The second-order valence-electron chi connectivity index (χ2n) is 10.2. The van der Waals surface area contributed by atoms with Crippen LogP contribution in [0.3, 0.4) is 0 Å². The topological polar surface area (TPSA) is 59.6 Å². The number of likely N-dealkylation sites (tertiary alicyclic amines) is 1. The predicted octanol–water partition coefficient (Wildman–Crippen LogP) is 4.63. The molecule has 2 aliphatic heterocycles. The third-order valence-corrected chi connectivity index (χ3v) is 7.55. The smallest absolute Gasteiger partial charge is 0.254 e. The lowest BCUT2D eigenvalue weighted by molar-refractivity contribution is 0.0595. The molecule has 3 heterocycles. The summed E-state index contributed by atoms with van der Waals surface area (Å²) in [6.07, 6.45) is 3.68. The van der Waals surface area contributed by atoms with Gasteiger partial charge in [0.05, 0.1) is 0 Å². The van der Waals surface area contributed by atoms with E-state index >= 15 is 0 Å². The van der Waals surface area contributed by atoms with Crippen LogP contribution in [0.25, 0.3) is 10.9 Å². The maximum absolute atomic E-state index is 13.6. The molecular weight excluding hydrogens is 462 g/mol. The van der Waals surface area contributed by atoms with Crippen LogP contribution in [-0.2, 0) is 0 Å². The van der Waals surface area contributed by atoms with Gasteiger partial charge in [0.15, 0.2) is 0 Å². The molecule has 2 aliphatic rings. The number of carbonyl (C=O) groups excluding carboxylic acids is 2. The molecule has 2 saturated heterocycles. The first kappa shape index (κ1) is 24.4. The van der Waals surface area contributed by atoms with Gasteiger partial charge in [0, 0.05) is 85.5 Å². The Balaban J connectivity index is 1.30. The summed E-state index contributed by atoms with van der Waals surface area (Å²) >= 11 is 0. The highest BCUT2D eigenvalue weighted by Gasteiger charge is 2.28. The fourth-order valence-corrected chi connectivity index (χ4v) is 5.52. The maximum Gasteiger partial charge on any atom is 0.254 e. The van der Waals surface area contributed by atoms with E-state index in [-0.39, 0.29) is 23.3 Å². The molecule has 36 heavy (non-hydrogen) atoms. The molecule has 1 aromatic heterocycles. The van der Waals surface area contributed by atoms with Crippen LogP contribution in [0.15, 0.2) is 42.6 Å². The van der Waals surface area contributed by atoms with Crippen LogP contribution in [-0.4, -0.2) is 76.8 Å². The summed E-state index contributed by atoms with van der Waals surface area (Å²) in [5.74, 6) is -1.72. The Hall–Kier alpha value is -3.26. The van der Waals surface area contributed by atoms with Crippen molar-refractivity contribution in [3.63, 3.8) is 0 Å². The lowest BCUT2D eigenvalue weighted by Crippen LogP contribution is -2.50. The van der Waals surface area contributed by atoms with Crippen LogP contribution in [0.1, 0.15) is 58.9 Å². The molecular formula is C28H32F2N4O2. The number of piperazine rings is 1. The third-order valence-electron chi connectivity index (χ3n) is 7.55. The first-order valence-corrected chi connectivity index (χ1v) is 12.7. The molecule has 5 rings (SSSR count). The van der Waals surface area contributed by atoms with E-state index in [1.807, 2.05) is 29.3 Å². The zero-order chi connectivity index (χ0) is 25.4. The van der Waals surface area contributed by atoms with Gasteiger partial charge in [-0.3, -0.25) is 14.5 Å². The highest BCUT2D eigenvalue weighted by molar-refractivity contribution is 5.99. The van der Waals surface area contributed by atoms with Crippen LogP contribution < -0.4 is 0 Å². The fourth-order valence-electron chi connectivity index (χ4n) is 5.52. The average molecular weight is 495 g/mol. The van der Waals surface area contributed by atoms with Gasteiger partial charge in [0.2, 0.25) is 0 Å². The molecule has 190 valence electrons. The molecule has 2 fully saturated rings. The molecule has 0 saturated carbocycles. The van der Waals surface area contributed by atoms with E-state index < -0.39 is 11.6 Å². The van der Waals surface area contributed by atoms with E-state index in [4.69, 9.17) is 0 Å². The molecule has 0 bridgehead atoms. The summed E-state index contributed by atoms with van der Waals surface area (Å²) < 4.78 is 27.3. The van der Waals surface area contributed by atoms with Crippen LogP contribution in [0, 0.1) is 11.6 Å². The number of aromatic amines is 1. The number of halogens is 2. The fraction of sp³-hybridized carbons (Fsp3) is 0.429. The lowest BCUT2D eigenvalue weighted by Gasteiger charge is -2.37. The van der Waals surface area contributed by atoms with Gasteiger partial charge in [-0.05, 0) is 56.5 Å². The van der Waals surface area contributed by atoms with Crippen molar-refractivity contribution in [2.45, 2.75) is 38.6 Å². The van der Waals surface area contributed by atoms with Gasteiger partial charge >= 0.3 is 0 Å². The number of rotatable bonds is 4. The second-order valence-corrected chi connectivity index (χ2v) is 10.2. The lowest BCUT2D eigenvalue weighted by atomic mass is 9.89. The minimum Gasteiger partial charge on any atom is -0.361 e. The van der Waals surface area contributed by atoms with Crippen molar-refractivity contribution in [2.24, 2.45) is 0 Å². The number of H-pyrrole nitrogens is 1. The number of aromatic nitrogens is 1. The second kappa shape index (κ2) is 10.0. The van der Waals surface area contributed by atoms with Crippen molar-refractivity contribution in [3.05, 3.63) is 70.9 Å². The molecule has 3 aromatic rings. The molecule has 6 nitrogen and oxygen atoms in total. The van der Waals surface area contributed by atoms with Crippen LogP contribution in [0.4, 0.5) is 8.78 Å². The van der Waals surface area contributed by atoms with E-state index in [2.05, 4.69) is 23.7 Å². The van der Waals surface area contributed by atoms with Crippen molar-refractivity contribution < 1.29 is 18.4 Å². The van der Waals surface area contributed by atoms with Crippen LogP contribution in [0.2, 0.25) is 0 Å². The van der Waals surface area contributed by atoms with E-state index in [1.165, 1.54) is 0 Å².